The number of aromatic nitrogens is 1. The average Bonchev–Trinajstić information content (AvgIpc) is 3.70. The molecule has 182 valence electrons. The van der Waals surface area contributed by atoms with Crippen molar-refractivity contribution in [3.63, 3.8) is 0 Å². The van der Waals surface area contributed by atoms with Gasteiger partial charge in [-0.1, -0.05) is 78.5 Å². The molecule has 3 aliphatic rings. The number of amides is 2. The highest BCUT2D eigenvalue weighted by Gasteiger charge is 2.59. The maximum Gasteiger partial charge on any atom is 0.238 e. The minimum Gasteiger partial charge on any atom is -0.293 e. The first-order chi connectivity index (χ1) is 18.1. The van der Waals surface area contributed by atoms with Gasteiger partial charge >= 0.3 is 0 Å². The molecule has 1 aliphatic heterocycles. The second kappa shape index (κ2) is 8.78. The highest BCUT2D eigenvalue weighted by Crippen LogP contribution is 2.53. The van der Waals surface area contributed by atoms with Gasteiger partial charge in [0.05, 0.1) is 33.5 Å². The molecule has 2 aliphatic carbocycles. The highest BCUT2D eigenvalue weighted by atomic mass is 32.2. The summed E-state index contributed by atoms with van der Waals surface area (Å²) in [5.74, 6) is 0.157. The maximum absolute atomic E-state index is 13.2. The molecule has 2 heterocycles. The lowest BCUT2D eigenvalue weighted by molar-refractivity contribution is -0.123. The van der Waals surface area contributed by atoms with E-state index in [9.17, 15) is 14.4 Å². The number of thiazole rings is 1. The number of Topliss-reactive ketones (excluding diaryl/α,β-unsaturated/α-hetero) is 1. The van der Waals surface area contributed by atoms with Crippen molar-refractivity contribution in [2.24, 2.45) is 23.7 Å². The summed E-state index contributed by atoms with van der Waals surface area (Å²) in [6.07, 6.45) is 5.13. The Morgan fingerprint density at radius 1 is 0.892 bits per heavy atom. The van der Waals surface area contributed by atoms with Crippen molar-refractivity contribution in [3.05, 3.63) is 90.5 Å². The van der Waals surface area contributed by atoms with Gasteiger partial charge in [-0.15, -0.1) is 11.3 Å². The van der Waals surface area contributed by atoms with Gasteiger partial charge in [0.25, 0.3) is 0 Å². The van der Waals surface area contributed by atoms with E-state index in [0.29, 0.717) is 17.0 Å². The SMILES string of the molecule is O=C(CSc1nc2ccc(N3C(=O)[C@@H]4[C@H](C3=O)[C@H]3C=C[C@H]4C3)cc2s1)c1ccc(-c2ccccc2)cc1. The molecule has 0 unspecified atom stereocenters. The predicted octanol–water partition coefficient (Wildman–Crippen LogP) is 6.25. The van der Waals surface area contributed by atoms with E-state index in [2.05, 4.69) is 17.1 Å². The summed E-state index contributed by atoms with van der Waals surface area (Å²) in [6.45, 7) is 0. The Morgan fingerprint density at radius 2 is 1.57 bits per heavy atom. The van der Waals surface area contributed by atoms with E-state index in [1.165, 1.54) is 28.0 Å². The van der Waals surface area contributed by atoms with Gasteiger partial charge in [-0.25, -0.2) is 9.88 Å². The third kappa shape index (κ3) is 3.76. The molecule has 4 atom stereocenters. The fourth-order valence-electron chi connectivity index (χ4n) is 5.94. The van der Waals surface area contributed by atoms with Crippen LogP contribution in [0.3, 0.4) is 0 Å². The molecule has 4 aromatic rings. The van der Waals surface area contributed by atoms with Gasteiger partial charge < -0.3 is 0 Å². The number of carbonyl (C=O) groups is 3. The van der Waals surface area contributed by atoms with Gasteiger partial charge in [0.1, 0.15) is 0 Å². The minimum absolute atomic E-state index is 0.0487. The number of benzene rings is 3. The Morgan fingerprint density at radius 3 is 2.27 bits per heavy atom. The zero-order chi connectivity index (χ0) is 25.1. The van der Waals surface area contributed by atoms with Crippen molar-refractivity contribution < 1.29 is 14.4 Å². The van der Waals surface area contributed by atoms with Gasteiger partial charge in [0, 0.05) is 5.56 Å². The maximum atomic E-state index is 13.2. The zero-order valence-electron chi connectivity index (χ0n) is 19.7. The number of anilines is 1. The monoisotopic (exact) mass is 522 g/mol. The fraction of sp³-hybridized carbons (Fsp3) is 0.200. The van der Waals surface area contributed by atoms with Crippen molar-refractivity contribution in [2.45, 2.75) is 10.8 Å². The van der Waals surface area contributed by atoms with Crippen molar-refractivity contribution in [2.75, 3.05) is 10.7 Å². The Bertz CT molecular complexity index is 1560. The smallest absolute Gasteiger partial charge is 0.238 e. The third-order valence-corrected chi connectivity index (χ3v) is 9.88. The van der Waals surface area contributed by atoms with Crippen LogP contribution in [-0.2, 0) is 9.59 Å². The Kier molecular flexibility index (Phi) is 5.37. The number of thioether (sulfide) groups is 1. The van der Waals surface area contributed by atoms with E-state index < -0.39 is 0 Å². The number of hydrogen-bond donors (Lipinski definition) is 0. The zero-order valence-corrected chi connectivity index (χ0v) is 21.4. The summed E-state index contributed by atoms with van der Waals surface area (Å²) in [5.41, 5.74) is 4.29. The standard InChI is InChI=1S/C30H22N2O3S2/c33-24(19-8-6-18(7-9-19)17-4-2-1-3-5-17)16-36-30-31-23-13-12-22(15-25(23)37-30)32-28(34)26-20-10-11-21(14-20)27(26)29(32)35/h1-13,15,20-21,26-27H,14,16H2/t20-,21-,26-,27+/m0/s1. The largest absolute Gasteiger partial charge is 0.293 e. The van der Waals surface area contributed by atoms with Crippen LogP contribution in [-0.4, -0.2) is 28.3 Å². The number of allylic oxidation sites excluding steroid dienone is 2. The molecule has 2 amide bonds. The van der Waals surface area contributed by atoms with Crippen molar-refractivity contribution >= 4 is 56.6 Å². The Hall–Kier alpha value is -3.55. The molecule has 7 heteroatoms. The van der Waals surface area contributed by atoms with Crippen LogP contribution in [0, 0.1) is 23.7 Å². The van der Waals surface area contributed by atoms with Crippen LogP contribution in [0.5, 0.6) is 0 Å². The first kappa shape index (κ1) is 22.6. The fourth-order valence-corrected chi connectivity index (χ4v) is 7.94. The molecule has 0 N–H and O–H groups in total. The summed E-state index contributed by atoms with van der Waals surface area (Å²) in [5, 5.41) is 0. The quantitative estimate of drug-likeness (QED) is 0.130. The van der Waals surface area contributed by atoms with Gasteiger partial charge in [0.2, 0.25) is 11.8 Å². The van der Waals surface area contributed by atoms with Gasteiger partial charge in [-0.3, -0.25) is 14.4 Å². The lowest BCUT2D eigenvalue weighted by Crippen LogP contribution is -2.32. The molecule has 0 spiro atoms. The van der Waals surface area contributed by atoms with Crippen LogP contribution in [0.1, 0.15) is 16.8 Å². The topological polar surface area (TPSA) is 67.3 Å². The van der Waals surface area contributed by atoms with Crippen molar-refractivity contribution in [3.8, 4) is 11.1 Å². The van der Waals surface area contributed by atoms with Gasteiger partial charge in [-0.05, 0) is 47.6 Å². The highest BCUT2D eigenvalue weighted by molar-refractivity contribution is 8.01. The van der Waals surface area contributed by atoms with E-state index >= 15 is 0 Å². The molecule has 1 saturated heterocycles. The normalized spacial score (nSPS) is 23.8. The van der Waals surface area contributed by atoms with Crippen LogP contribution in [0.2, 0.25) is 0 Å². The molecule has 0 radical (unpaired) electrons. The number of rotatable bonds is 6. The molecule has 3 aromatic carbocycles. The van der Waals surface area contributed by atoms with E-state index in [1.54, 1.807) is 0 Å². The Balaban J connectivity index is 1.05. The van der Waals surface area contributed by atoms with Crippen LogP contribution in [0.4, 0.5) is 5.69 Å². The molecule has 2 bridgehead atoms. The number of imide groups is 1. The molecular weight excluding hydrogens is 500 g/mol. The number of ketones is 1. The Labute approximate surface area is 222 Å². The lowest BCUT2D eigenvalue weighted by atomic mass is 9.85. The summed E-state index contributed by atoms with van der Waals surface area (Å²) < 4.78 is 1.69. The van der Waals surface area contributed by atoms with Crippen molar-refractivity contribution in [1.82, 2.24) is 4.98 Å². The molecule has 1 aromatic heterocycles. The first-order valence-electron chi connectivity index (χ1n) is 12.3. The van der Waals surface area contributed by atoms with Crippen LogP contribution >= 0.6 is 23.1 Å². The number of carbonyl (C=O) groups excluding carboxylic acids is 3. The van der Waals surface area contributed by atoms with Gasteiger partial charge in [0.15, 0.2) is 10.1 Å². The first-order valence-corrected chi connectivity index (χ1v) is 14.2. The molecular formula is C30H22N2O3S2. The molecule has 2 fully saturated rings. The number of fused-ring (bicyclic) bond motifs is 6. The van der Waals surface area contributed by atoms with Gasteiger partial charge in [-0.2, -0.15) is 0 Å². The lowest BCUT2D eigenvalue weighted by Gasteiger charge is -2.17. The third-order valence-electron chi connectivity index (χ3n) is 7.72. The van der Waals surface area contributed by atoms with Crippen LogP contribution in [0.15, 0.2) is 89.3 Å². The molecule has 37 heavy (non-hydrogen) atoms. The van der Waals surface area contributed by atoms with Crippen LogP contribution < -0.4 is 4.90 Å². The second-order valence-corrected chi connectivity index (χ2v) is 12.1. The summed E-state index contributed by atoms with van der Waals surface area (Å²) in [4.78, 5) is 45.2. The van der Waals surface area contributed by atoms with E-state index in [1.807, 2.05) is 72.8 Å². The average molecular weight is 523 g/mol. The summed E-state index contributed by atoms with van der Waals surface area (Å²) in [7, 11) is 0. The van der Waals surface area contributed by atoms with Crippen LogP contribution in [0.25, 0.3) is 21.3 Å². The van der Waals surface area contributed by atoms with E-state index in [-0.39, 0.29) is 41.3 Å². The predicted molar refractivity (Wildman–Crippen MR) is 147 cm³/mol. The van der Waals surface area contributed by atoms with Crippen molar-refractivity contribution in [1.29, 1.82) is 0 Å². The molecule has 7 rings (SSSR count). The molecule has 5 nitrogen and oxygen atoms in total. The van der Waals surface area contributed by atoms with E-state index in [0.717, 1.165) is 32.1 Å². The summed E-state index contributed by atoms with van der Waals surface area (Å²) >= 11 is 2.90. The number of hydrogen-bond acceptors (Lipinski definition) is 6. The summed E-state index contributed by atoms with van der Waals surface area (Å²) in [6, 6.07) is 23.3. The second-order valence-electron chi connectivity index (χ2n) is 9.80. The van der Waals surface area contributed by atoms with E-state index in [4.69, 9.17) is 0 Å². The minimum atomic E-state index is -0.210. The molecule has 1 saturated carbocycles. The number of nitrogens with zero attached hydrogens (tertiary/aromatic N) is 2.